The number of hydrogen-bond donors (Lipinski definition) is 3. The van der Waals surface area contributed by atoms with Crippen LogP contribution < -0.4 is 16.6 Å². The van der Waals surface area contributed by atoms with Crippen LogP contribution in [0.1, 0.15) is 10.9 Å². The van der Waals surface area contributed by atoms with Crippen molar-refractivity contribution in [2.75, 3.05) is 7.05 Å². The molecule has 13 heavy (non-hydrogen) atoms. The van der Waals surface area contributed by atoms with Gasteiger partial charge in [0.2, 0.25) is 0 Å². The average Bonchev–Trinajstić information content (AvgIpc) is 2.51. The highest BCUT2D eigenvalue weighted by Gasteiger charge is 2.16. The van der Waals surface area contributed by atoms with Crippen LogP contribution in [0.2, 0.25) is 0 Å². The summed E-state index contributed by atoms with van der Waals surface area (Å²) in [5.74, 6) is -0.239. The number of rotatable bonds is 3. The minimum Gasteiger partial charge on any atom is -0.315 e. The first-order valence-electron chi connectivity index (χ1n) is 3.62. The molecule has 0 saturated heterocycles. The number of hydrazine groups is 1. The number of halogens is 1. The lowest BCUT2D eigenvalue weighted by Crippen LogP contribution is -2.40. The second-order valence-corrected chi connectivity index (χ2v) is 4.85. The largest absolute Gasteiger partial charge is 0.315 e. The van der Waals surface area contributed by atoms with Gasteiger partial charge in [0.1, 0.15) is 6.04 Å². The fraction of sp³-hybridized carbons (Fsp3) is 0.286. The molecule has 72 valence electrons. The molecule has 1 unspecified atom stereocenters. The molecule has 0 aliphatic carbocycles. The quantitative estimate of drug-likeness (QED) is 0.706. The van der Waals surface area contributed by atoms with E-state index in [1.165, 1.54) is 11.3 Å². The van der Waals surface area contributed by atoms with Gasteiger partial charge in [-0.05, 0) is 28.1 Å². The van der Waals surface area contributed by atoms with Gasteiger partial charge in [-0.25, -0.2) is 5.43 Å². The van der Waals surface area contributed by atoms with Crippen molar-refractivity contribution in [2.45, 2.75) is 6.04 Å². The van der Waals surface area contributed by atoms with Crippen molar-refractivity contribution in [2.24, 2.45) is 5.73 Å². The number of carbonyl (C=O) groups excluding carboxylic acids is 1. The molecular weight excluding hydrogens is 254 g/mol. The van der Waals surface area contributed by atoms with Crippen LogP contribution in [0.4, 0.5) is 0 Å². The van der Waals surface area contributed by atoms with Gasteiger partial charge in [-0.3, -0.25) is 10.2 Å². The van der Waals surface area contributed by atoms with Crippen LogP contribution in [0.15, 0.2) is 15.9 Å². The molecule has 1 aromatic heterocycles. The van der Waals surface area contributed by atoms with Crippen molar-refractivity contribution >= 4 is 33.2 Å². The molecule has 4 nitrogen and oxygen atoms in total. The van der Waals surface area contributed by atoms with Gasteiger partial charge in [0, 0.05) is 11.9 Å². The molecule has 6 heteroatoms. The summed E-state index contributed by atoms with van der Waals surface area (Å²) in [5, 5.41) is 0. The Kier molecular flexibility index (Phi) is 3.86. The van der Waals surface area contributed by atoms with Gasteiger partial charge in [-0.2, -0.15) is 0 Å². The molecule has 1 heterocycles. The summed E-state index contributed by atoms with van der Waals surface area (Å²) in [5.41, 5.74) is 10.6. The fourth-order valence-electron chi connectivity index (χ4n) is 0.826. The van der Waals surface area contributed by atoms with E-state index < -0.39 is 6.04 Å². The first kappa shape index (κ1) is 10.6. The lowest BCUT2D eigenvalue weighted by Gasteiger charge is -2.08. The van der Waals surface area contributed by atoms with Crippen molar-refractivity contribution in [3.8, 4) is 0 Å². The normalized spacial score (nSPS) is 12.5. The molecule has 0 aliphatic heterocycles. The second-order valence-electron chi connectivity index (χ2n) is 2.36. The molecule has 0 fully saturated rings. The zero-order valence-corrected chi connectivity index (χ0v) is 9.41. The molecule has 0 aromatic carbocycles. The van der Waals surface area contributed by atoms with E-state index in [2.05, 4.69) is 26.8 Å². The SMILES string of the molecule is CNNC(=O)C(N)c1ccc(Br)s1. The maximum Gasteiger partial charge on any atom is 0.256 e. The van der Waals surface area contributed by atoms with Crippen LogP contribution in [0.5, 0.6) is 0 Å². The van der Waals surface area contributed by atoms with Crippen LogP contribution in [-0.4, -0.2) is 13.0 Å². The molecule has 1 aromatic rings. The van der Waals surface area contributed by atoms with E-state index in [0.29, 0.717) is 0 Å². The van der Waals surface area contributed by atoms with Gasteiger partial charge in [0.25, 0.3) is 5.91 Å². The summed E-state index contributed by atoms with van der Waals surface area (Å²) in [6, 6.07) is 3.09. The predicted octanol–water partition coefficient (Wildman–Crippen LogP) is 0.761. The topological polar surface area (TPSA) is 67.1 Å². The molecule has 4 N–H and O–H groups in total. The van der Waals surface area contributed by atoms with Crippen molar-refractivity contribution in [1.82, 2.24) is 10.9 Å². The van der Waals surface area contributed by atoms with E-state index >= 15 is 0 Å². The number of thiophene rings is 1. The van der Waals surface area contributed by atoms with Crippen LogP contribution in [0, 0.1) is 0 Å². The van der Waals surface area contributed by atoms with Crippen LogP contribution in [0.25, 0.3) is 0 Å². The van der Waals surface area contributed by atoms with E-state index in [-0.39, 0.29) is 5.91 Å². The highest BCUT2D eigenvalue weighted by Crippen LogP contribution is 2.25. The lowest BCUT2D eigenvalue weighted by atomic mass is 10.2. The molecule has 1 atom stereocenters. The zero-order valence-electron chi connectivity index (χ0n) is 7.00. The maximum absolute atomic E-state index is 11.2. The summed E-state index contributed by atoms with van der Waals surface area (Å²) < 4.78 is 0.968. The predicted molar refractivity (Wildman–Crippen MR) is 56.1 cm³/mol. The molecule has 0 spiro atoms. The molecule has 0 radical (unpaired) electrons. The number of amides is 1. The third kappa shape index (κ3) is 2.77. The third-order valence-corrected chi connectivity index (χ3v) is 3.14. The maximum atomic E-state index is 11.2. The van der Waals surface area contributed by atoms with Gasteiger partial charge < -0.3 is 5.73 Å². The standard InChI is InChI=1S/C7H10BrN3OS/c1-10-11-7(12)6(9)4-2-3-5(8)13-4/h2-3,6,10H,9H2,1H3,(H,11,12). The number of carbonyl (C=O) groups is 1. The summed E-state index contributed by atoms with van der Waals surface area (Å²) in [6.07, 6.45) is 0. The second kappa shape index (κ2) is 4.71. The summed E-state index contributed by atoms with van der Waals surface area (Å²) >= 11 is 4.76. The molecular formula is C7H10BrN3OS. The lowest BCUT2D eigenvalue weighted by molar-refractivity contribution is -0.123. The van der Waals surface area contributed by atoms with Crippen molar-refractivity contribution < 1.29 is 4.79 Å². The Morgan fingerprint density at radius 2 is 2.38 bits per heavy atom. The highest BCUT2D eigenvalue weighted by atomic mass is 79.9. The Morgan fingerprint density at radius 3 is 2.85 bits per heavy atom. The van der Waals surface area contributed by atoms with E-state index in [0.717, 1.165) is 8.66 Å². The molecule has 0 saturated carbocycles. The minimum atomic E-state index is -0.608. The molecule has 1 amide bonds. The Morgan fingerprint density at radius 1 is 1.69 bits per heavy atom. The molecule has 0 bridgehead atoms. The number of hydrogen-bond acceptors (Lipinski definition) is 4. The summed E-state index contributed by atoms with van der Waals surface area (Å²) in [6.45, 7) is 0. The summed E-state index contributed by atoms with van der Waals surface area (Å²) in [4.78, 5) is 12.1. The first-order chi connectivity index (χ1) is 6.15. The first-order valence-corrected chi connectivity index (χ1v) is 5.23. The van der Waals surface area contributed by atoms with E-state index in [1.807, 2.05) is 12.1 Å². The Bertz CT molecular complexity index is 302. The van der Waals surface area contributed by atoms with E-state index in [4.69, 9.17) is 5.73 Å². The van der Waals surface area contributed by atoms with Gasteiger partial charge in [0.05, 0.1) is 3.79 Å². The highest BCUT2D eigenvalue weighted by molar-refractivity contribution is 9.11. The van der Waals surface area contributed by atoms with Gasteiger partial charge in [-0.15, -0.1) is 11.3 Å². The van der Waals surface area contributed by atoms with E-state index in [9.17, 15) is 4.79 Å². The number of nitrogens with two attached hydrogens (primary N) is 1. The van der Waals surface area contributed by atoms with E-state index in [1.54, 1.807) is 7.05 Å². The smallest absolute Gasteiger partial charge is 0.256 e. The average molecular weight is 264 g/mol. The van der Waals surface area contributed by atoms with Gasteiger partial charge in [0.15, 0.2) is 0 Å². The van der Waals surface area contributed by atoms with Gasteiger partial charge in [-0.1, -0.05) is 0 Å². The van der Waals surface area contributed by atoms with Crippen LogP contribution in [-0.2, 0) is 4.79 Å². The molecule has 0 aliphatic rings. The monoisotopic (exact) mass is 263 g/mol. The van der Waals surface area contributed by atoms with Crippen LogP contribution in [0.3, 0.4) is 0 Å². The Balaban J connectivity index is 2.67. The van der Waals surface area contributed by atoms with Crippen LogP contribution >= 0.6 is 27.3 Å². The van der Waals surface area contributed by atoms with Crippen molar-refractivity contribution in [1.29, 1.82) is 0 Å². The zero-order chi connectivity index (χ0) is 9.84. The van der Waals surface area contributed by atoms with Crippen molar-refractivity contribution in [3.05, 3.63) is 20.8 Å². The van der Waals surface area contributed by atoms with Crippen molar-refractivity contribution in [3.63, 3.8) is 0 Å². The van der Waals surface area contributed by atoms with Gasteiger partial charge >= 0.3 is 0 Å². The Labute approximate surface area is 88.6 Å². The third-order valence-electron chi connectivity index (χ3n) is 1.43. The minimum absolute atomic E-state index is 0.239. The fourth-order valence-corrected chi connectivity index (χ4v) is 2.25. The summed E-state index contributed by atoms with van der Waals surface area (Å²) in [7, 11) is 1.62. The number of nitrogens with one attached hydrogen (secondary N) is 2. The molecule has 1 rings (SSSR count). The Hall–Kier alpha value is -0.430.